The van der Waals surface area contributed by atoms with Crippen LogP contribution in [-0.4, -0.2) is 58.9 Å². The van der Waals surface area contributed by atoms with Crippen LogP contribution in [-0.2, 0) is 6.42 Å². The average molecular weight is 394 g/mol. The predicted molar refractivity (Wildman–Crippen MR) is 112 cm³/mol. The van der Waals surface area contributed by atoms with E-state index in [2.05, 4.69) is 25.8 Å². The number of ether oxygens (including phenoxy) is 1. The van der Waals surface area contributed by atoms with E-state index >= 15 is 0 Å². The highest BCUT2D eigenvalue weighted by Crippen LogP contribution is 2.28. The Morgan fingerprint density at radius 2 is 2.14 bits per heavy atom. The van der Waals surface area contributed by atoms with Crippen molar-refractivity contribution in [1.29, 1.82) is 0 Å². The minimum Gasteiger partial charge on any atom is -0.496 e. The van der Waals surface area contributed by atoms with Gasteiger partial charge in [0.2, 0.25) is 0 Å². The molecule has 3 heterocycles. The Kier molecular flexibility index (Phi) is 5.79. The minimum atomic E-state index is -0.00485. The second kappa shape index (κ2) is 8.81. The molecule has 0 saturated carbocycles. The summed E-state index contributed by atoms with van der Waals surface area (Å²) in [6.45, 7) is 2.04. The molecule has 1 aliphatic rings. The number of benzene rings is 1. The standard InChI is InChI=1S/C21H26N6O2/c1-29-18-5-2-4-17-20(18)15(14-23-17)7-11-22-21(28)27-12-8-16(9-13-27)25-19-6-3-10-24-26-19/h2-6,10,14,16,23H,7-9,11-13H2,1H3,(H,22,28)(H,25,26). The summed E-state index contributed by atoms with van der Waals surface area (Å²) in [6.07, 6.45) is 6.18. The molecule has 1 fully saturated rings. The zero-order chi connectivity index (χ0) is 20.1. The number of amides is 2. The van der Waals surface area contributed by atoms with Crippen LogP contribution in [0.25, 0.3) is 10.9 Å². The van der Waals surface area contributed by atoms with Gasteiger partial charge in [0.15, 0.2) is 0 Å². The van der Waals surface area contributed by atoms with Crippen LogP contribution in [0.5, 0.6) is 5.75 Å². The van der Waals surface area contributed by atoms with Gasteiger partial charge in [-0.05, 0) is 49.1 Å². The molecule has 1 aromatic carbocycles. The maximum Gasteiger partial charge on any atom is 0.317 e. The lowest BCUT2D eigenvalue weighted by molar-refractivity contribution is 0.184. The molecule has 8 heteroatoms. The second-order valence-electron chi connectivity index (χ2n) is 7.19. The number of H-pyrrole nitrogens is 1. The van der Waals surface area contributed by atoms with Gasteiger partial charge in [-0.1, -0.05) is 6.07 Å². The first kappa shape index (κ1) is 19.0. The molecule has 4 rings (SSSR count). The lowest BCUT2D eigenvalue weighted by atomic mass is 10.1. The van der Waals surface area contributed by atoms with Gasteiger partial charge in [0.25, 0.3) is 0 Å². The van der Waals surface area contributed by atoms with Gasteiger partial charge in [-0.15, -0.1) is 5.10 Å². The zero-order valence-electron chi connectivity index (χ0n) is 16.5. The fourth-order valence-corrected chi connectivity index (χ4v) is 3.82. The van der Waals surface area contributed by atoms with E-state index in [1.807, 2.05) is 41.4 Å². The summed E-state index contributed by atoms with van der Waals surface area (Å²) in [5, 5.41) is 15.5. The Morgan fingerprint density at radius 1 is 1.28 bits per heavy atom. The minimum absolute atomic E-state index is 0.00485. The molecule has 2 amide bonds. The Labute approximate surface area is 169 Å². The van der Waals surface area contributed by atoms with Crippen molar-refractivity contribution < 1.29 is 9.53 Å². The van der Waals surface area contributed by atoms with Crippen molar-refractivity contribution in [2.24, 2.45) is 0 Å². The van der Waals surface area contributed by atoms with Crippen LogP contribution in [0.4, 0.5) is 10.6 Å². The van der Waals surface area contributed by atoms with E-state index in [1.54, 1.807) is 13.3 Å². The third-order valence-corrected chi connectivity index (χ3v) is 5.35. The third-order valence-electron chi connectivity index (χ3n) is 5.35. The number of hydrogen-bond donors (Lipinski definition) is 3. The maximum absolute atomic E-state index is 12.5. The molecule has 0 unspecified atom stereocenters. The van der Waals surface area contributed by atoms with E-state index in [4.69, 9.17) is 4.74 Å². The topological polar surface area (TPSA) is 95.2 Å². The molecular formula is C21H26N6O2. The summed E-state index contributed by atoms with van der Waals surface area (Å²) >= 11 is 0. The van der Waals surface area contributed by atoms with Crippen LogP contribution in [0.3, 0.4) is 0 Å². The molecule has 1 saturated heterocycles. The SMILES string of the molecule is COc1cccc2[nH]cc(CCNC(=O)N3CCC(Nc4cccnn4)CC3)c12. The Hall–Kier alpha value is -3.29. The van der Waals surface area contributed by atoms with Crippen molar-refractivity contribution in [3.05, 3.63) is 48.3 Å². The van der Waals surface area contributed by atoms with Gasteiger partial charge in [-0.3, -0.25) is 0 Å². The first-order valence-corrected chi connectivity index (χ1v) is 9.94. The number of nitrogens with one attached hydrogen (secondary N) is 3. The molecule has 0 radical (unpaired) electrons. The van der Waals surface area contributed by atoms with E-state index in [9.17, 15) is 4.79 Å². The molecule has 3 N–H and O–H groups in total. The summed E-state index contributed by atoms with van der Waals surface area (Å²) in [5.41, 5.74) is 2.19. The van der Waals surface area contributed by atoms with Crippen LogP contribution in [0.15, 0.2) is 42.7 Å². The number of urea groups is 1. The predicted octanol–water partition coefficient (Wildman–Crippen LogP) is 2.80. The van der Waals surface area contributed by atoms with Crippen molar-refractivity contribution in [2.45, 2.75) is 25.3 Å². The summed E-state index contributed by atoms with van der Waals surface area (Å²) in [5.74, 6) is 1.63. The third kappa shape index (κ3) is 4.42. The largest absolute Gasteiger partial charge is 0.496 e. The maximum atomic E-state index is 12.5. The number of anilines is 1. The van der Waals surface area contributed by atoms with Crippen LogP contribution in [0.2, 0.25) is 0 Å². The summed E-state index contributed by atoms with van der Waals surface area (Å²) in [6, 6.07) is 10.0. The van der Waals surface area contributed by atoms with E-state index in [-0.39, 0.29) is 6.03 Å². The number of likely N-dealkylation sites (tertiary alicyclic amines) is 1. The number of piperidine rings is 1. The van der Waals surface area contributed by atoms with Crippen molar-refractivity contribution >= 4 is 22.8 Å². The molecule has 0 atom stereocenters. The lowest BCUT2D eigenvalue weighted by Crippen LogP contribution is -2.47. The Bertz CT molecular complexity index is 950. The second-order valence-corrected chi connectivity index (χ2v) is 7.19. The molecule has 0 aliphatic carbocycles. The number of fused-ring (bicyclic) bond motifs is 1. The van der Waals surface area contributed by atoms with E-state index in [0.29, 0.717) is 12.6 Å². The fraction of sp³-hybridized carbons (Fsp3) is 0.381. The molecule has 0 spiro atoms. The number of carbonyl (C=O) groups excluding carboxylic acids is 1. The Morgan fingerprint density at radius 3 is 2.90 bits per heavy atom. The first-order valence-electron chi connectivity index (χ1n) is 9.94. The van der Waals surface area contributed by atoms with Gasteiger partial charge >= 0.3 is 6.03 Å². The molecule has 2 aromatic heterocycles. The van der Waals surface area contributed by atoms with Crippen molar-refractivity contribution in [2.75, 3.05) is 32.1 Å². The molecule has 29 heavy (non-hydrogen) atoms. The monoisotopic (exact) mass is 394 g/mol. The lowest BCUT2D eigenvalue weighted by Gasteiger charge is -2.32. The van der Waals surface area contributed by atoms with Crippen molar-refractivity contribution in [3.8, 4) is 5.75 Å². The van der Waals surface area contributed by atoms with Gasteiger partial charge in [-0.2, -0.15) is 5.10 Å². The van der Waals surface area contributed by atoms with Gasteiger partial charge in [-0.25, -0.2) is 4.79 Å². The van der Waals surface area contributed by atoms with Gasteiger partial charge in [0, 0.05) is 49.0 Å². The summed E-state index contributed by atoms with van der Waals surface area (Å²) in [7, 11) is 1.68. The first-order chi connectivity index (χ1) is 14.2. The van der Waals surface area contributed by atoms with Gasteiger partial charge < -0.3 is 25.3 Å². The fourth-order valence-electron chi connectivity index (χ4n) is 3.82. The highest BCUT2D eigenvalue weighted by atomic mass is 16.5. The molecule has 3 aromatic rings. The highest BCUT2D eigenvalue weighted by molar-refractivity contribution is 5.89. The van der Waals surface area contributed by atoms with E-state index in [0.717, 1.165) is 60.4 Å². The van der Waals surface area contributed by atoms with Crippen LogP contribution in [0.1, 0.15) is 18.4 Å². The van der Waals surface area contributed by atoms with Crippen LogP contribution >= 0.6 is 0 Å². The number of rotatable bonds is 6. The number of aromatic amines is 1. The Balaban J connectivity index is 1.25. The molecule has 0 bridgehead atoms. The van der Waals surface area contributed by atoms with Gasteiger partial charge in [0.1, 0.15) is 11.6 Å². The number of carbonyl (C=O) groups is 1. The number of aromatic nitrogens is 3. The summed E-state index contributed by atoms with van der Waals surface area (Å²) < 4.78 is 5.47. The smallest absolute Gasteiger partial charge is 0.317 e. The number of methoxy groups -OCH3 is 1. The average Bonchev–Trinajstić information content (AvgIpc) is 3.18. The molecule has 1 aliphatic heterocycles. The van der Waals surface area contributed by atoms with Gasteiger partial charge in [0.05, 0.1) is 7.11 Å². The zero-order valence-corrected chi connectivity index (χ0v) is 16.5. The molecule has 152 valence electrons. The highest BCUT2D eigenvalue weighted by Gasteiger charge is 2.22. The van der Waals surface area contributed by atoms with E-state index < -0.39 is 0 Å². The molecular weight excluding hydrogens is 368 g/mol. The van der Waals surface area contributed by atoms with Crippen LogP contribution in [0, 0.1) is 0 Å². The normalized spacial score (nSPS) is 14.7. The van der Waals surface area contributed by atoms with Crippen molar-refractivity contribution in [1.82, 2.24) is 25.4 Å². The van der Waals surface area contributed by atoms with Crippen LogP contribution < -0.4 is 15.4 Å². The number of hydrogen-bond acceptors (Lipinski definition) is 5. The quantitative estimate of drug-likeness (QED) is 0.598. The number of nitrogens with zero attached hydrogens (tertiary/aromatic N) is 3. The molecule has 8 nitrogen and oxygen atoms in total. The van der Waals surface area contributed by atoms with E-state index in [1.165, 1.54) is 0 Å². The summed E-state index contributed by atoms with van der Waals surface area (Å²) in [4.78, 5) is 17.7. The van der Waals surface area contributed by atoms with Crippen molar-refractivity contribution in [3.63, 3.8) is 0 Å².